The van der Waals surface area contributed by atoms with Crippen LogP contribution in [0.3, 0.4) is 0 Å². The van der Waals surface area contributed by atoms with E-state index < -0.39 is 0 Å². The zero-order chi connectivity index (χ0) is 12.3. The molecule has 0 atom stereocenters. The van der Waals surface area contributed by atoms with Crippen LogP contribution < -0.4 is 0 Å². The molecule has 0 saturated heterocycles. The third-order valence-electron chi connectivity index (χ3n) is 2.19. The summed E-state index contributed by atoms with van der Waals surface area (Å²) < 4.78 is 0. The van der Waals surface area contributed by atoms with Crippen molar-refractivity contribution in [3.05, 3.63) is 53.2 Å². The molecule has 0 aliphatic heterocycles. The molecule has 0 aliphatic rings. The van der Waals surface area contributed by atoms with Gasteiger partial charge in [0.05, 0.1) is 5.02 Å². The number of benzene rings is 1. The van der Waals surface area contributed by atoms with Crippen molar-refractivity contribution in [2.45, 2.75) is 16.8 Å². The van der Waals surface area contributed by atoms with Crippen molar-refractivity contribution in [3.8, 4) is 0 Å². The van der Waals surface area contributed by atoms with E-state index in [0.717, 1.165) is 4.90 Å². The lowest BCUT2D eigenvalue weighted by Gasteiger charge is -2.06. The topological polar surface area (TPSA) is 30.0 Å². The Morgan fingerprint density at radius 2 is 2.00 bits per heavy atom. The average Bonchev–Trinajstić information content (AvgIpc) is 2.32. The summed E-state index contributed by atoms with van der Waals surface area (Å²) in [7, 11) is 0. The standard InChI is InChI=1S/C13H10ClNOS/c1-9(16)10-5-4-8-15-13(10)17-12-7-3-2-6-11(12)14/h2-8H,1H3. The lowest BCUT2D eigenvalue weighted by atomic mass is 10.2. The van der Waals surface area contributed by atoms with Crippen LogP contribution >= 0.6 is 23.4 Å². The summed E-state index contributed by atoms with van der Waals surface area (Å²) in [5.74, 6) is 0.00709. The van der Waals surface area contributed by atoms with Crippen molar-refractivity contribution in [1.82, 2.24) is 4.98 Å². The largest absolute Gasteiger partial charge is 0.294 e. The average molecular weight is 264 g/mol. The van der Waals surface area contributed by atoms with E-state index in [9.17, 15) is 4.79 Å². The van der Waals surface area contributed by atoms with Gasteiger partial charge in [-0.15, -0.1) is 0 Å². The number of pyridine rings is 1. The van der Waals surface area contributed by atoms with E-state index >= 15 is 0 Å². The molecule has 2 nitrogen and oxygen atoms in total. The molecule has 2 rings (SSSR count). The zero-order valence-corrected chi connectivity index (χ0v) is 10.8. The minimum absolute atomic E-state index is 0.00709. The van der Waals surface area contributed by atoms with Crippen molar-refractivity contribution in [3.63, 3.8) is 0 Å². The Balaban J connectivity index is 2.37. The van der Waals surface area contributed by atoms with Gasteiger partial charge in [-0.2, -0.15) is 0 Å². The van der Waals surface area contributed by atoms with E-state index in [0.29, 0.717) is 15.6 Å². The second-order valence-electron chi connectivity index (χ2n) is 3.44. The molecule has 1 heterocycles. The first kappa shape index (κ1) is 12.1. The predicted octanol–water partition coefficient (Wildman–Crippen LogP) is 4.09. The van der Waals surface area contributed by atoms with Crippen molar-refractivity contribution >= 4 is 29.1 Å². The second kappa shape index (κ2) is 5.34. The van der Waals surface area contributed by atoms with Gasteiger partial charge in [0.2, 0.25) is 0 Å². The first-order valence-electron chi connectivity index (χ1n) is 5.07. The molecule has 4 heteroatoms. The highest BCUT2D eigenvalue weighted by molar-refractivity contribution is 7.99. The number of halogens is 1. The maximum absolute atomic E-state index is 11.5. The van der Waals surface area contributed by atoms with Crippen LogP contribution in [0.4, 0.5) is 0 Å². The number of hydrogen-bond acceptors (Lipinski definition) is 3. The lowest BCUT2D eigenvalue weighted by Crippen LogP contribution is -1.96. The fourth-order valence-corrected chi connectivity index (χ4v) is 2.58. The smallest absolute Gasteiger partial charge is 0.162 e. The number of rotatable bonds is 3. The lowest BCUT2D eigenvalue weighted by molar-refractivity contribution is 0.101. The number of hydrogen-bond donors (Lipinski definition) is 0. The van der Waals surface area contributed by atoms with Crippen LogP contribution in [0.25, 0.3) is 0 Å². The van der Waals surface area contributed by atoms with E-state index in [1.165, 1.54) is 18.7 Å². The van der Waals surface area contributed by atoms with Crippen molar-refractivity contribution in [2.24, 2.45) is 0 Å². The Morgan fingerprint density at radius 3 is 2.71 bits per heavy atom. The molecule has 0 N–H and O–H groups in total. The molecular weight excluding hydrogens is 254 g/mol. The summed E-state index contributed by atoms with van der Waals surface area (Å²) in [4.78, 5) is 16.6. The maximum atomic E-state index is 11.5. The Bertz CT molecular complexity index is 557. The van der Waals surface area contributed by atoms with Crippen LogP contribution in [0.15, 0.2) is 52.5 Å². The monoisotopic (exact) mass is 263 g/mol. The summed E-state index contributed by atoms with van der Waals surface area (Å²) >= 11 is 7.48. The predicted molar refractivity (Wildman–Crippen MR) is 69.8 cm³/mol. The van der Waals surface area contributed by atoms with Crippen LogP contribution in [-0.4, -0.2) is 10.8 Å². The molecular formula is C13H10ClNOS. The van der Waals surface area contributed by atoms with Gasteiger partial charge in [0.25, 0.3) is 0 Å². The van der Waals surface area contributed by atoms with Crippen LogP contribution in [0, 0.1) is 0 Å². The van der Waals surface area contributed by atoms with Gasteiger partial charge < -0.3 is 0 Å². The van der Waals surface area contributed by atoms with Crippen molar-refractivity contribution < 1.29 is 4.79 Å². The summed E-state index contributed by atoms with van der Waals surface area (Å²) in [6.45, 7) is 1.54. The van der Waals surface area contributed by atoms with Gasteiger partial charge in [-0.1, -0.05) is 35.5 Å². The third kappa shape index (κ3) is 2.87. The van der Waals surface area contributed by atoms with Crippen LogP contribution in [0.1, 0.15) is 17.3 Å². The molecule has 0 radical (unpaired) electrons. The number of nitrogens with zero attached hydrogens (tertiary/aromatic N) is 1. The summed E-state index contributed by atoms with van der Waals surface area (Å²) in [6, 6.07) is 11.0. The molecule has 0 spiro atoms. The minimum Gasteiger partial charge on any atom is -0.294 e. The van der Waals surface area contributed by atoms with Crippen LogP contribution in [0.2, 0.25) is 5.02 Å². The zero-order valence-electron chi connectivity index (χ0n) is 9.18. The van der Waals surface area contributed by atoms with Gasteiger partial charge in [-0.3, -0.25) is 4.79 Å². The van der Waals surface area contributed by atoms with Crippen LogP contribution in [-0.2, 0) is 0 Å². The highest BCUT2D eigenvalue weighted by atomic mass is 35.5. The van der Waals surface area contributed by atoms with Gasteiger partial charge in [0.15, 0.2) is 5.78 Å². The Kier molecular flexibility index (Phi) is 3.82. The molecule has 2 aromatic rings. The molecule has 1 aromatic carbocycles. The number of carbonyl (C=O) groups excluding carboxylic acids is 1. The maximum Gasteiger partial charge on any atom is 0.162 e. The number of aromatic nitrogens is 1. The van der Waals surface area contributed by atoms with Gasteiger partial charge in [0.1, 0.15) is 5.03 Å². The quantitative estimate of drug-likeness (QED) is 0.782. The van der Waals surface area contributed by atoms with E-state index in [-0.39, 0.29) is 5.78 Å². The molecule has 0 bridgehead atoms. The number of Topliss-reactive ketones (excluding diaryl/α,β-unsaturated/α-hetero) is 1. The normalized spacial score (nSPS) is 10.2. The highest BCUT2D eigenvalue weighted by Crippen LogP contribution is 2.33. The number of ketones is 1. The van der Waals surface area contributed by atoms with Gasteiger partial charge in [-0.05, 0) is 31.2 Å². The Hall–Kier alpha value is -1.32. The summed E-state index contributed by atoms with van der Waals surface area (Å²) in [6.07, 6.45) is 1.67. The molecule has 17 heavy (non-hydrogen) atoms. The molecule has 0 aliphatic carbocycles. The van der Waals surface area contributed by atoms with Crippen molar-refractivity contribution in [2.75, 3.05) is 0 Å². The number of carbonyl (C=O) groups is 1. The summed E-state index contributed by atoms with van der Waals surface area (Å²) in [5, 5.41) is 1.35. The first-order valence-corrected chi connectivity index (χ1v) is 6.26. The van der Waals surface area contributed by atoms with E-state index in [1.54, 1.807) is 18.3 Å². The molecule has 0 saturated carbocycles. The Morgan fingerprint density at radius 1 is 1.24 bits per heavy atom. The fourth-order valence-electron chi connectivity index (χ4n) is 1.37. The van der Waals surface area contributed by atoms with Crippen molar-refractivity contribution in [1.29, 1.82) is 0 Å². The molecule has 86 valence electrons. The van der Waals surface area contributed by atoms with Gasteiger partial charge in [-0.25, -0.2) is 4.98 Å². The van der Waals surface area contributed by atoms with E-state index in [1.807, 2.05) is 24.3 Å². The van der Waals surface area contributed by atoms with E-state index in [2.05, 4.69) is 4.98 Å². The third-order valence-corrected chi connectivity index (χ3v) is 3.73. The highest BCUT2D eigenvalue weighted by Gasteiger charge is 2.10. The molecule has 1 aromatic heterocycles. The molecule has 0 fully saturated rings. The summed E-state index contributed by atoms with van der Waals surface area (Å²) in [5.41, 5.74) is 0.623. The molecule has 0 unspecified atom stereocenters. The van der Waals surface area contributed by atoms with E-state index in [4.69, 9.17) is 11.6 Å². The first-order chi connectivity index (χ1) is 8.18. The van der Waals surface area contributed by atoms with Gasteiger partial charge in [0, 0.05) is 16.7 Å². The second-order valence-corrected chi connectivity index (χ2v) is 4.88. The SMILES string of the molecule is CC(=O)c1cccnc1Sc1ccccc1Cl. The fraction of sp³-hybridized carbons (Fsp3) is 0.0769. The van der Waals surface area contributed by atoms with Gasteiger partial charge >= 0.3 is 0 Å². The molecule has 0 amide bonds. The van der Waals surface area contributed by atoms with Crippen LogP contribution in [0.5, 0.6) is 0 Å². The Labute approximate surface area is 109 Å². The minimum atomic E-state index is 0.00709.